The molecule has 1 rings (SSSR count). The van der Waals surface area contributed by atoms with E-state index in [2.05, 4.69) is 4.72 Å². The summed E-state index contributed by atoms with van der Waals surface area (Å²) in [6.45, 7) is 2.32. The highest BCUT2D eigenvalue weighted by Crippen LogP contribution is 2.16. The van der Waals surface area contributed by atoms with Gasteiger partial charge in [-0.25, -0.2) is 5.14 Å². The van der Waals surface area contributed by atoms with Crippen molar-refractivity contribution in [3.8, 4) is 0 Å². The van der Waals surface area contributed by atoms with Gasteiger partial charge in [0.15, 0.2) is 0 Å². The number of hydrogen-bond acceptors (Lipinski definition) is 3. The van der Waals surface area contributed by atoms with Crippen molar-refractivity contribution in [1.29, 1.82) is 0 Å². The maximum Gasteiger partial charge on any atom is 0.274 e. The molecule has 0 saturated carbocycles. The molecule has 0 aliphatic heterocycles. The minimum Gasteiger partial charge on any atom is -0.216 e. The van der Waals surface area contributed by atoms with E-state index in [9.17, 15) is 8.42 Å². The summed E-state index contributed by atoms with van der Waals surface area (Å²) in [5.41, 5.74) is 1.17. The first kappa shape index (κ1) is 10.6. The molecule has 0 unspecified atom stereocenters. The van der Waals surface area contributed by atoms with Gasteiger partial charge in [0.1, 0.15) is 0 Å². The first-order chi connectivity index (χ1) is 6.03. The molecule has 1 heterocycles. The van der Waals surface area contributed by atoms with E-state index in [1.807, 2.05) is 18.4 Å². The zero-order chi connectivity index (χ0) is 9.90. The maximum absolute atomic E-state index is 10.6. The predicted molar refractivity (Wildman–Crippen MR) is 53.6 cm³/mol. The molecule has 1 aromatic heterocycles. The third-order valence-electron chi connectivity index (χ3n) is 1.65. The average Bonchev–Trinajstić information content (AvgIpc) is 2.46. The van der Waals surface area contributed by atoms with Crippen LogP contribution in [-0.4, -0.2) is 8.42 Å². The largest absolute Gasteiger partial charge is 0.274 e. The fraction of sp³-hybridized carbons (Fsp3) is 0.429. The summed E-state index contributed by atoms with van der Waals surface area (Å²) in [6, 6.07) is 1.99. The Labute approximate surface area is 82.0 Å². The standard InChI is InChI=1S/C7H12N2O2S2/c1-2-6-3-4-12-7(6)5-9-13(8,10)11/h3-4,9H,2,5H2,1H3,(H2,8,10,11). The first-order valence-electron chi connectivity index (χ1n) is 3.85. The molecule has 0 fully saturated rings. The van der Waals surface area contributed by atoms with Crippen LogP contribution < -0.4 is 9.86 Å². The molecule has 0 saturated heterocycles. The van der Waals surface area contributed by atoms with Crippen molar-refractivity contribution in [2.45, 2.75) is 19.9 Å². The lowest BCUT2D eigenvalue weighted by molar-refractivity contribution is 0.583. The summed E-state index contributed by atoms with van der Waals surface area (Å²) in [4.78, 5) is 1.02. The van der Waals surface area contributed by atoms with Crippen LogP contribution in [0.3, 0.4) is 0 Å². The summed E-state index contributed by atoms with van der Waals surface area (Å²) in [5.74, 6) is 0. The average molecular weight is 220 g/mol. The van der Waals surface area contributed by atoms with Crippen molar-refractivity contribution in [3.05, 3.63) is 21.9 Å². The Hall–Kier alpha value is -0.430. The highest BCUT2D eigenvalue weighted by Gasteiger charge is 2.05. The van der Waals surface area contributed by atoms with Gasteiger partial charge >= 0.3 is 0 Å². The van der Waals surface area contributed by atoms with E-state index in [4.69, 9.17) is 5.14 Å². The Morgan fingerprint density at radius 3 is 2.85 bits per heavy atom. The Morgan fingerprint density at radius 2 is 2.31 bits per heavy atom. The zero-order valence-corrected chi connectivity index (χ0v) is 8.91. The van der Waals surface area contributed by atoms with Gasteiger partial charge in [-0.2, -0.15) is 13.1 Å². The molecule has 0 bridgehead atoms. The summed E-state index contributed by atoms with van der Waals surface area (Å²) < 4.78 is 23.5. The van der Waals surface area contributed by atoms with E-state index >= 15 is 0 Å². The molecular formula is C7H12N2O2S2. The Morgan fingerprint density at radius 1 is 1.62 bits per heavy atom. The summed E-state index contributed by atoms with van der Waals surface area (Å²) >= 11 is 1.53. The number of nitrogens with one attached hydrogen (secondary N) is 1. The van der Waals surface area contributed by atoms with Crippen LogP contribution in [0, 0.1) is 0 Å². The van der Waals surface area contributed by atoms with Gasteiger partial charge in [0.05, 0.1) is 0 Å². The molecule has 0 radical (unpaired) electrons. The van der Waals surface area contributed by atoms with E-state index in [1.165, 1.54) is 16.9 Å². The van der Waals surface area contributed by atoms with Crippen LogP contribution in [0.15, 0.2) is 11.4 Å². The fourth-order valence-electron chi connectivity index (χ4n) is 1.00. The second-order valence-electron chi connectivity index (χ2n) is 2.59. The SMILES string of the molecule is CCc1ccsc1CNS(N)(=O)=O. The summed E-state index contributed by atoms with van der Waals surface area (Å²) in [5, 5.41) is 6.75. The quantitative estimate of drug-likeness (QED) is 0.780. The monoisotopic (exact) mass is 220 g/mol. The first-order valence-corrected chi connectivity index (χ1v) is 6.28. The lowest BCUT2D eigenvalue weighted by Gasteiger charge is -2.01. The molecule has 0 aliphatic carbocycles. The molecule has 0 spiro atoms. The van der Waals surface area contributed by atoms with Gasteiger partial charge < -0.3 is 0 Å². The Kier molecular flexibility index (Phi) is 3.43. The van der Waals surface area contributed by atoms with Crippen molar-refractivity contribution >= 4 is 21.5 Å². The fourth-order valence-corrected chi connectivity index (χ4v) is 2.36. The topological polar surface area (TPSA) is 72.2 Å². The third kappa shape index (κ3) is 3.43. The van der Waals surface area contributed by atoms with Crippen LogP contribution in [-0.2, 0) is 23.2 Å². The van der Waals surface area contributed by atoms with Gasteiger partial charge in [-0.05, 0) is 23.4 Å². The molecular weight excluding hydrogens is 208 g/mol. The smallest absolute Gasteiger partial charge is 0.216 e. The molecule has 3 N–H and O–H groups in total. The van der Waals surface area contributed by atoms with E-state index in [0.29, 0.717) is 6.54 Å². The van der Waals surface area contributed by atoms with Crippen LogP contribution in [0.25, 0.3) is 0 Å². The molecule has 6 heteroatoms. The lowest BCUT2D eigenvalue weighted by atomic mass is 10.2. The molecule has 0 aromatic carbocycles. The van der Waals surface area contributed by atoms with Crippen molar-refractivity contribution in [2.75, 3.05) is 0 Å². The van der Waals surface area contributed by atoms with E-state index < -0.39 is 10.2 Å². The highest BCUT2D eigenvalue weighted by molar-refractivity contribution is 7.87. The van der Waals surface area contributed by atoms with Crippen molar-refractivity contribution in [3.63, 3.8) is 0 Å². The molecule has 74 valence electrons. The van der Waals surface area contributed by atoms with Crippen molar-refractivity contribution < 1.29 is 8.42 Å². The van der Waals surface area contributed by atoms with Gasteiger partial charge in [-0.3, -0.25) is 0 Å². The van der Waals surface area contributed by atoms with E-state index in [1.54, 1.807) is 0 Å². The minimum atomic E-state index is -3.57. The Bertz CT molecular complexity index is 370. The summed E-state index contributed by atoms with van der Waals surface area (Å²) in [7, 11) is -3.57. The third-order valence-corrected chi connectivity index (χ3v) is 3.16. The van der Waals surface area contributed by atoms with Gasteiger partial charge in [0, 0.05) is 11.4 Å². The van der Waals surface area contributed by atoms with Gasteiger partial charge in [0.2, 0.25) is 0 Å². The van der Waals surface area contributed by atoms with Gasteiger partial charge in [-0.15, -0.1) is 11.3 Å². The maximum atomic E-state index is 10.6. The van der Waals surface area contributed by atoms with Crippen LogP contribution in [0.4, 0.5) is 0 Å². The highest BCUT2D eigenvalue weighted by atomic mass is 32.2. The van der Waals surface area contributed by atoms with Gasteiger partial charge in [-0.1, -0.05) is 6.92 Å². The number of hydrogen-bond donors (Lipinski definition) is 2. The number of rotatable bonds is 4. The second-order valence-corrected chi connectivity index (χ2v) is 4.97. The van der Waals surface area contributed by atoms with Gasteiger partial charge in [0.25, 0.3) is 10.2 Å². The summed E-state index contributed by atoms with van der Waals surface area (Å²) in [6.07, 6.45) is 0.908. The minimum absolute atomic E-state index is 0.291. The van der Waals surface area contributed by atoms with Crippen LogP contribution in [0.1, 0.15) is 17.4 Å². The van der Waals surface area contributed by atoms with Crippen LogP contribution in [0.2, 0.25) is 0 Å². The molecule has 1 aromatic rings. The number of aryl methyl sites for hydroxylation is 1. The molecule has 0 aliphatic rings. The molecule has 0 atom stereocenters. The molecule has 4 nitrogen and oxygen atoms in total. The predicted octanol–water partition coefficient (Wildman–Crippen LogP) is 0.604. The zero-order valence-electron chi connectivity index (χ0n) is 7.28. The van der Waals surface area contributed by atoms with E-state index in [0.717, 1.165) is 11.3 Å². The van der Waals surface area contributed by atoms with Crippen molar-refractivity contribution in [2.24, 2.45) is 5.14 Å². The lowest BCUT2D eigenvalue weighted by Crippen LogP contribution is -2.30. The Balaban J connectivity index is 2.64. The number of nitrogens with two attached hydrogens (primary N) is 1. The van der Waals surface area contributed by atoms with E-state index in [-0.39, 0.29) is 0 Å². The normalized spacial score (nSPS) is 11.8. The van der Waals surface area contributed by atoms with Crippen molar-refractivity contribution in [1.82, 2.24) is 4.72 Å². The van der Waals surface area contributed by atoms with Crippen LogP contribution in [0.5, 0.6) is 0 Å². The van der Waals surface area contributed by atoms with Crippen LogP contribution >= 0.6 is 11.3 Å². The number of thiophene rings is 1. The molecule has 13 heavy (non-hydrogen) atoms. The second kappa shape index (κ2) is 4.19. The molecule has 0 amide bonds.